The smallest absolute Gasteiger partial charge is 0.309 e. The van der Waals surface area contributed by atoms with Crippen molar-refractivity contribution in [2.24, 2.45) is 50.7 Å². The Morgan fingerprint density at radius 3 is 2.19 bits per heavy atom. The number of carboxylic acids is 1. The zero-order valence-electron chi connectivity index (χ0n) is 34.1. The number of ether oxygens (including phenoxy) is 1. The largest absolute Gasteiger partial charge is 0.481 e. The van der Waals surface area contributed by atoms with Crippen LogP contribution in [0.5, 0.6) is 0 Å². The Morgan fingerprint density at radius 2 is 1.58 bits per heavy atom. The second kappa shape index (κ2) is 13.7. The van der Waals surface area contributed by atoms with Crippen LogP contribution in [-0.2, 0) is 23.9 Å². The molecule has 0 spiro atoms. The van der Waals surface area contributed by atoms with Crippen molar-refractivity contribution in [1.29, 1.82) is 0 Å². The Bertz CT molecular complexity index is 1500. The summed E-state index contributed by atoms with van der Waals surface area (Å²) in [5.41, 5.74) is 0.420. The molecule has 3 unspecified atom stereocenters. The van der Waals surface area contributed by atoms with Crippen molar-refractivity contribution in [1.82, 2.24) is 10.2 Å². The lowest BCUT2D eigenvalue weighted by Crippen LogP contribution is -2.67. The van der Waals surface area contributed by atoms with E-state index in [0.717, 1.165) is 76.3 Å². The average Bonchev–Trinajstić information content (AvgIpc) is 3.62. The molecule has 0 aromatic heterocycles. The maximum Gasteiger partial charge on any atom is 0.309 e. The standard InChI is InChI=1S/C43H68N2O6.ClH/c1-25(2)34-29(46)23-43(44-36(48)28-13-12-22-45(28)26(3)4)21-20-41(10)27(35(34)43)14-15-31-40(9)18-17-32(51-33(47)24-38(5,6)37(49)50)39(7,8)30(40)16-19-42(31,41)11;/h25-28,30-32H,12-24H2,1-11H3,(H,44,48)(H,49,50);1H/t27?,28-,30?,31?,32-,40-,41+,42+,43+;/m0./s1. The number of nitrogens with zero attached hydrogens (tertiary/aromatic N) is 1. The lowest BCUT2D eigenvalue weighted by atomic mass is 9.33. The molecule has 9 heteroatoms. The summed E-state index contributed by atoms with van der Waals surface area (Å²) in [4.78, 5) is 55.4. The van der Waals surface area contributed by atoms with E-state index >= 15 is 0 Å². The first-order chi connectivity index (χ1) is 23.6. The van der Waals surface area contributed by atoms with E-state index in [0.29, 0.717) is 24.3 Å². The summed E-state index contributed by atoms with van der Waals surface area (Å²) in [6.07, 6.45) is 9.78. The molecule has 6 aliphatic rings. The number of hydrogen-bond donors (Lipinski definition) is 2. The van der Waals surface area contributed by atoms with Crippen LogP contribution in [0.3, 0.4) is 0 Å². The molecule has 1 saturated heterocycles. The van der Waals surface area contributed by atoms with Crippen molar-refractivity contribution in [3.63, 3.8) is 0 Å². The first-order valence-electron chi connectivity index (χ1n) is 20.3. The number of esters is 1. The highest BCUT2D eigenvalue weighted by Crippen LogP contribution is 2.76. The van der Waals surface area contributed by atoms with Gasteiger partial charge in [0.05, 0.1) is 23.4 Å². The van der Waals surface area contributed by atoms with Crippen LogP contribution in [-0.4, -0.2) is 63.9 Å². The van der Waals surface area contributed by atoms with E-state index < -0.39 is 22.9 Å². The minimum absolute atomic E-state index is 0. The van der Waals surface area contributed by atoms with Crippen LogP contribution in [0.4, 0.5) is 0 Å². The zero-order chi connectivity index (χ0) is 37.7. The summed E-state index contributed by atoms with van der Waals surface area (Å²) in [6, 6.07) is 0.182. The highest BCUT2D eigenvalue weighted by Gasteiger charge is 2.70. The summed E-state index contributed by atoms with van der Waals surface area (Å²) in [5.74, 6) is 0.180. The van der Waals surface area contributed by atoms with Gasteiger partial charge in [-0.3, -0.25) is 24.1 Å². The quantitative estimate of drug-likeness (QED) is 0.240. The molecule has 0 aromatic carbocycles. The van der Waals surface area contributed by atoms with Gasteiger partial charge in [-0.25, -0.2) is 0 Å². The Hall–Kier alpha value is -1.93. The highest BCUT2D eigenvalue weighted by atomic mass is 35.5. The van der Waals surface area contributed by atoms with Crippen LogP contribution in [0, 0.1) is 50.7 Å². The van der Waals surface area contributed by atoms with E-state index in [1.54, 1.807) is 13.8 Å². The van der Waals surface area contributed by atoms with Crippen molar-refractivity contribution in [3.05, 3.63) is 11.1 Å². The van der Waals surface area contributed by atoms with Crippen molar-refractivity contribution in [2.45, 2.75) is 177 Å². The van der Waals surface area contributed by atoms with Gasteiger partial charge in [0.25, 0.3) is 0 Å². The van der Waals surface area contributed by atoms with Crippen LogP contribution >= 0.6 is 12.4 Å². The number of carbonyl (C=O) groups is 4. The number of ketones is 1. The van der Waals surface area contributed by atoms with E-state index in [2.05, 4.69) is 72.5 Å². The van der Waals surface area contributed by atoms with Gasteiger partial charge in [-0.1, -0.05) is 48.5 Å². The second-order valence-corrected chi connectivity index (χ2v) is 20.5. The Kier molecular flexibility index (Phi) is 10.8. The molecule has 0 bridgehead atoms. The van der Waals surface area contributed by atoms with Gasteiger partial charge in [0.2, 0.25) is 5.91 Å². The number of aliphatic carboxylic acids is 1. The number of Topliss-reactive ketones (excluding diaryl/α,β-unsaturated/α-hetero) is 1. The van der Waals surface area contributed by atoms with Crippen molar-refractivity contribution in [2.75, 3.05) is 6.54 Å². The number of carbonyl (C=O) groups excluding carboxylic acids is 3. The average molecular weight is 745 g/mol. The van der Waals surface area contributed by atoms with Gasteiger partial charge >= 0.3 is 11.9 Å². The topological polar surface area (TPSA) is 113 Å². The van der Waals surface area contributed by atoms with Gasteiger partial charge in [0.15, 0.2) is 5.78 Å². The number of likely N-dealkylation sites (tertiary alicyclic amines) is 1. The number of fused-ring (bicyclic) bond motifs is 7. The molecule has 1 heterocycles. The molecular formula is C43H69ClN2O6. The molecule has 5 aliphatic carbocycles. The lowest BCUT2D eigenvalue weighted by Gasteiger charge is -2.72. The molecular weight excluding hydrogens is 676 g/mol. The molecule has 8 nitrogen and oxygen atoms in total. The third kappa shape index (κ3) is 6.11. The van der Waals surface area contributed by atoms with E-state index in [9.17, 15) is 24.3 Å². The highest BCUT2D eigenvalue weighted by molar-refractivity contribution is 6.02. The summed E-state index contributed by atoms with van der Waals surface area (Å²) in [5, 5.41) is 13.2. The SMILES string of the molecule is CC(C)C1=C2C3CCC4[C@@]5(C)CC[C@H](OC(=O)CC(C)(C)C(=O)O)C(C)(C)C5CC[C@@]4(C)[C@]3(C)CC[C@@]2(NC(=O)[C@@H]2CCCN2C(C)C)CC1=O.Cl. The fourth-order valence-electron chi connectivity index (χ4n) is 13.6. The maximum atomic E-state index is 14.2. The Labute approximate surface area is 319 Å². The molecule has 52 heavy (non-hydrogen) atoms. The molecule has 1 aliphatic heterocycles. The van der Waals surface area contributed by atoms with Crippen LogP contribution < -0.4 is 5.32 Å². The van der Waals surface area contributed by atoms with Gasteiger partial charge in [-0.15, -0.1) is 12.4 Å². The minimum Gasteiger partial charge on any atom is -0.481 e. The monoisotopic (exact) mass is 744 g/mol. The van der Waals surface area contributed by atoms with Crippen LogP contribution in [0.25, 0.3) is 0 Å². The number of nitrogens with one attached hydrogen (secondary N) is 1. The minimum atomic E-state index is -1.16. The van der Waals surface area contributed by atoms with Crippen LogP contribution in [0.2, 0.25) is 0 Å². The van der Waals surface area contributed by atoms with Crippen LogP contribution in [0.1, 0.15) is 153 Å². The third-order valence-electron chi connectivity index (χ3n) is 16.4. The van der Waals surface area contributed by atoms with E-state index in [4.69, 9.17) is 4.74 Å². The van der Waals surface area contributed by atoms with E-state index in [-0.39, 0.29) is 76.2 Å². The zero-order valence-corrected chi connectivity index (χ0v) is 34.9. The van der Waals surface area contributed by atoms with Gasteiger partial charge in [0.1, 0.15) is 6.10 Å². The normalized spacial score (nSPS) is 40.0. The molecule has 1 amide bonds. The number of halogens is 1. The maximum absolute atomic E-state index is 14.2. The fourth-order valence-corrected chi connectivity index (χ4v) is 13.6. The molecule has 294 valence electrons. The molecule has 4 saturated carbocycles. The first-order valence-corrected chi connectivity index (χ1v) is 20.3. The summed E-state index contributed by atoms with van der Waals surface area (Å²) >= 11 is 0. The molecule has 2 N–H and O–H groups in total. The predicted molar refractivity (Wildman–Crippen MR) is 206 cm³/mol. The number of hydrogen-bond acceptors (Lipinski definition) is 6. The summed E-state index contributed by atoms with van der Waals surface area (Å²) in [7, 11) is 0. The Balaban J connectivity index is 0.00000523. The van der Waals surface area contributed by atoms with Crippen LogP contribution in [0.15, 0.2) is 11.1 Å². The molecule has 0 aromatic rings. The molecule has 5 fully saturated rings. The Morgan fingerprint density at radius 1 is 0.904 bits per heavy atom. The predicted octanol–water partition coefficient (Wildman–Crippen LogP) is 8.54. The molecule has 9 atom stereocenters. The summed E-state index contributed by atoms with van der Waals surface area (Å²) < 4.78 is 6.17. The number of allylic oxidation sites excluding steroid dienone is 1. The molecule has 6 rings (SSSR count). The van der Waals surface area contributed by atoms with Crippen molar-refractivity contribution in [3.8, 4) is 0 Å². The second-order valence-electron chi connectivity index (χ2n) is 20.5. The number of rotatable bonds is 8. The van der Waals surface area contributed by atoms with Gasteiger partial charge in [0, 0.05) is 17.9 Å². The van der Waals surface area contributed by atoms with Gasteiger partial charge in [-0.2, -0.15) is 0 Å². The van der Waals surface area contributed by atoms with Crippen molar-refractivity contribution >= 4 is 36.0 Å². The van der Waals surface area contributed by atoms with Crippen molar-refractivity contribution < 1.29 is 29.0 Å². The lowest BCUT2D eigenvalue weighted by molar-refractivity contribution is -0.232. The molecule has 0 radical (unpaired) electrons. The van der Waals surface area contributed by atoms with E-state index in [1.165, 1.54) is 5.57 Å². The third-order valence-corrected chi connectivity index (χ3v) is 16.4. The number of amides is 1. The van der Waals surface area contributed by atoms with Gasteiger partial charge in [-0.05, 0) is 150 Å². The summed E-state index contributed by atoms with van der Waals surface area (Å²) in [6.45, 7) is 25.0. The number of carboxylic acid groups (broad SMARTS) is 1. The first kappa shape index (κ1) is 41.2. The van der Waals surface area contributed by atoms with Gasteiger partial charge < -0.3 is 15.2 Å². The van der Waals surface area contributed by atoms with E-state index in [1.807, 2.05) is 0 Å². The fraction of sp³-hybridized carbons (Fsp3) is 0.860.